The maximum atomic E-state index is 13.5. The van der Waals surface area contributed by atoms with E-state index in [9.17, 15) is 23.1 Å². The van der Waals surface area contributed by atoms with Gasteiger partial charge in [0.1, 0.15) is 6.10 Å². The number of imide groups is 1. The molecule has 0 bridgehead atoms. The van der Waals surface area contributed by atoms with Gasteiger partial charge in [-0.15, -0.1) is 0 Å². The van der Waals surface area contributed by atoms with Crippen LogP contribution in [0.25, 0.3) is 0 Å². The van der Waals surface area contributed by atoms with Crippen LogP contribution in [0.4, 0.5) is 10.5 Å². The monoisotopic (exact) mass is 589 g/mol. The van der Waals surface area contributed by atoms with Gasteiger partial charge in [-0.05, 0) is 54.5 Å². The summed E-state index contributed by atoms with van der Waals surface area (Å²) >= 11 is 0. The van der Waals surface area contributed by atoms with E-state index in [-0.39, 0.29) is 42.8 Å². The van der Waals surface area contributed by atoms with E-state index in [0.29, 0.717) is 25.1 Å². The topological polar surface area (TPSA) is 157 Å². The average molecular weight is 590 g/mol. The number of nitrogen functional groups attached to an aromatic ring is 1. The van der Waals surface area contributed by atoms with Crippen LogP contribution in [0.3, 0.4) is 0 Å². The van der Waals surface area contributed by atoms with E-state index in [1.165, 1.54) is 28.6 Å². The lowest BCUT2D eigenvalue weighted by atomic mass is 9.90. The van der Waals surface area contributed by atoms with Crippen molar-refractivity contribution >= 4 is 27.7 Å². The van der Waals surface area contributed by atoms with Crippen LogP contribution in [0.15, 0.2) is 59.5 Å². The van der Waals surface area contributed by atoms with Gasteiger partial charge < -0.3 is 25.1 Å². The standard InChI is InChI=1S/C29H39N3O8S/c1-19(2)16-32(41(36,37)23-10-8-22(30)9-11-23)17-25(33)21(14-20-6-4-3-5-7-20)15-27(34)31-29(35)40-26-18-39-28-24(26)12-13-38-28/h3-11,19,21,24-26,28,33H,12-18,30H2,1-2H3,(H,31,34,35)/t21-,24+,25-,26+,28-/m1/s1. The summed E-state index contributed by atoms with van der Waals surface area (Å²) < 4.78 is 44.6. The van der Waals surface area contributed by atoms with Crippen LogP contribution in [0.5, 0.6) is 0 Å². The van der Waals surface area contributed by atoms with Gasteiger partial charge in [-0.3, -0.25) is 10.1 Å². The van der Waals surface area contributed by atoms with Crippen LogP contribution in [-0.4, -0.2) is 74.6 Å². The van der Waals surface area contributed by atoms with E-state index in [4.69, 9.17) is 19.9 Å². The van der Waals surface area contributed by atoms with Crippen LogP contribution < -0.4 is 11.1 Å². The highest BCUT2D eigenvalue weighted by Gasteiger charge is 2.44. The largest absolute Gasteiger partial charge is 0.443 e. The summed E-state index contributed by atoms with van der Waals surface area (Å²) in [5.41, 5.74) is 7.03. The maximum absolute atomic E-state index is 13.5. The fraction of sp³-hybridized carbons (Fsp3) is 0.517. The highest BCUT2D eigenvalue weighted by atomic mass is 32.2. The smallest absolute Gasteiger partial charge is 0.414 e. The number of nitrogens with two attached hydrogens (primary N) is 1. The zero-order valence-corrected chi connectivity index (χ0v) is 24.2. The molecule has 224 valence electrons. The highest BCUT2D eigenvalue weighted by molar-refractivity contribution is 7.89. The number of sulfonamides is 1. The number of fused-ring (bicyclic) bond motifs is 1. The highest BCUT2D eigenvalue weighted by Crippen LogP contribution is 2.33. The van der Waals surface area contributed by atoms with Crippen molar-refractivity contribution in [3.63, 3.8) is 0 Å². The Labute approximate surface area is 241 Å². The molecule has 0 aliphatic carbocycles. The first-order chi connectivity index (χ1) is 19.5. The Kier molecular flexibility index (Phi) is 10.4. The molecule has 2 heterocycles. The number of ether oxygens (including phenoxy) is 3. The molecule has 4 N–H and O–H groups in total. The first kappa shape index (κ1) is 30.9. The number of anilines is 1. The third-order valence-electron chi connectivity index (χ3n) is 7.29. The maximum Gasteiger partial charge on any atom is 0.414 e. The van der Waals surface area contributed by atoms with Gasteiger partial charge in [-0.1, -0.05) is 44.2 Å². The second-order valence-electron chi connectivity index (χ2n) is 11.0. The summed E-state index contributed by atoms with van der Waals surface area (Å²) in [5, 5.41) is 13.6. The Balaban J connectivity index is 1.46. The Morgan fingerprint density at radius 3 is 2.49 bits per heavy atom. The van der Waals surface area contributed by atoms with Gasteiger partial charge in [-0.2, -0.15) is 4.31 Å². The molecule has 0 unspecified atom stereocenters. The number of hydrogen-bond donors (Lipinski definition) is 3. The fourth-order valence-electron chi connectivity index (χ4n) is 5.20. The van der Waals surface area contributed by atoms with Crippen molar-refractivity contribution in [1.82, 2.24) is 9.62 Å². The van der Waals surface area contributed by atoms with Crippen molar-refractivity contribution in [3.8, 4) is 0 Å². The molecule has 12 heteroatoms. The van der Waals surface area contributed by atoms with Gasteiger partial charge in [0.25, 0.3) is 0 Å². The fourth-order valence-corrected chi connectivity index (χ4v) is 6.82. The Morgan fingerprint density at radius 2 is 1.80 bits per heavy atom. The third-order valence-corrected chi connectivity index (χ3v) is 9.14. The molecule has 2 fully saturated rings. The number of nitrogens with one attached hydrogen (secondary N) is 1. The van der Waals surface area contributed by atoms with Gasteiger partial charge in [0.2, 0.25) is 15.9 Å². The second-order valence-corrected chi connectivity index (χ2v) is 13.0. The van der Waals surface area contributed by atoms with Crippen molar-refractivity contribution in [2.24, 2.45) is 17.8 Å². The van der Waals surface area contributed by atoms with E-state index in [0.717, 1.165) is 5.56 Å². The van der Waals surface area contributed by atoms with Gasteiger partial charge in [0, 0.05) is 25.2 Å². The number of benzene rings is 2. The molecule has 2 aliphatic rings. The number of carbonyl (C=O) groups is 2. The minimum Gasteiger partial charge on any atom is -0.443 e. The van der Waals surface area contributed by atoms with E-state index in [1.54, 1.807) is 0 Å². The molecule has 0 saturated carbocycles. The molecule has 0 radical (unpaired) electrons. The third kappa shape index (κ3) is 8.26. The summed E-state index contributed by atoms with van der Waals surface area (Å²) in [6.07, 6.45) is -2.24. The molecule has 2 amide bonds. The average Bonchev–Trinajstić information content (AvgIpc) is 3.53. The van der Waals surface area contributed by atoms with Crippen molar-refractivity contribution in [2.75, 3.05) is 32.0 Å². The van der Waals surface area contributed by atoms with Gasteiger partial charge in [0.05, 0.1) is 30.1 Å². The van der Waals surface area contributed by atoms with Crippen molar-refractivity contribution in [2.45, 2.75) is 56.5 Å². The number of nitrogens with zero attached hydrogens (tertiary/aromatic N) is 1. The number of aliphatic hydroxyl groups excluding tert-OH is 1. The summed E-state index contributed by atoms with van der Waals surface area (Å²) in [7, 11) is -3.96. The van der Waals surface area contributed by atoms with Gasteiger partial charge in [-0.25, -0.2) is 13.2 Å². The zero-order chi connectivity index (χ0) is 29.6. The quantitative estimate of drug-likeness (QED) is 0.317. The number of amides is 2. The normalized spacial score (nSPS) is 21.9. The van der Waals surface area contributed by atoms with E-state index < -0.39 is 46.4 Å². The Bertz CT molecular complexity index is 1270. The van der Waals surface area contributed by atoms with E-state index in [1.807, 2.05) is 44.2 Å². The van der Waals surface area contributed by atoms with Crippen LogP contribution in [-0.2, 0) is 35.4 Å². The molecular weight excluding hydrogens is 550 g/mol. The van der Waals surface area contributed by atoms with Crippen LogP contribution in [0, 0.1) is 17.8 Å². The molecule has 4 rings (SSSR count). The number of aliphatic hydroxyl groups is 1. The van der Waals surface area contributed by atoms with Crippen LogP contribution >= 0.6 is 0 Å². The van der Waals surface area contributed by atoms with Crippen molar-refractivity contribution in [3.05, 3.63) is 60.2 Å². The lowest BCUT2D eigenvalue weighted by molar-refractivity contribution is -0.122. The molecule has 5 atom stereocenters. The van der Waals surface area contributed by atoms with Crippen LogP contribution in [0.1, 0.15) is 32.3 Å². The molecule has 2 aromatic carbocycles. The molecule has 0 spiro atoms. The van der Waals surface area contributed by atoms with Gasteiger partial charge in [0.15, 0.2) is 6.29 Å². The predicted octanol–water partition coefficient (Wildman–Crippen LogP) is 2.54. The molecule has 2 aliphatic heterocycles. The summed E-state index contributed by atoms with van der Waals surface area (Å²) in [5.74, 6) is -1.42. The van der Waals surface area contributed by atoms with Crippen LogP contribution in [0.2, 0.25) is 0 Å². The van der Waals surface area contributed by atoms with E-state index in [2.05, 4.69) is 5.32 Å². The Hall–Kier alpha value is -3.03. The molecule has 2 saturated heterocycles. The second kappa shape index (κ2) is 13.8. The predicted molar refractivity (Wildman–Crippen MR) is 151 cm³/mol. The first-order valence-corrected chi connectivity index (χ1v) is 15.3. The van der Waals surface area contributed by atoms with Gasteiger partial charge >= 0.3 is 6.09 Å². The lowest BCUT2D eigenvalue weighted by Crippen LogP contribution is -2.44. The minimum atomic E-state index is -3.96. The molecule has 0 aromatic heterocycles. The number of carbonyl (C=O) groups excluding carboxylic acids is 2. The van der Waals surface area contributed by atoms with Crippen molar-refractivity contribution < 1.29 is 37.3 Å². The van der Waals surface area contributed by atoms with Crippen molar-refractivity contribution in [1.29, 1.82) is 0 Å². The number of alkyl carbamates (subject to hydrolysis) is 1. The SMILES string of the molecule is CC(C)CN(C[C@@H](O)[C@@H](CC(=O)NC(=O)O[C@H]1CO[C@H]2OCC[C@H]21)Cc1ccccc1)S(=O)(=O)c1ccc(N)cc1. The zero-order valence-electron chi connectivity index (χ0n) is 23.3. The molecule has 2 aromatic rings. The lowest BCUT2D eigenvalue weighted by Gasteiger charge is -2.30. The Morgan fingerprint density at radius 1 is 1.10 bits per heavy atom. The minimum absolute atomic E-state index is 0.0270. The summed E-state index contributed by atoms with van der Waals surface area (Å²) in [6.45, 7) is 4.41. The van der Waals surface area contributed by atoms with E-state index >= 15 is 0 Å². The number of hydrogen-bond acceptors (Lipinski definition) is 9. The summed E-state index contributed by atoms with van der Waals surface area (Å²) in [6, 6.07) is 15.2. The molecule has 11 nitrogen and oxygen atoms in total. The molecule has 41 heavy (non-hydrogen) atoms. The first-order valence-electron chi connectivity index (χ1n) is 13.8. The molecular formula is C29H39N3O8S. The summed E-state index contributed by atoms with van der Waals surface area (Å²) in [4.78, 5) is 25.5. The number of rotatable bonds is 12.